The highest BCUT2D eigenvalue weighted by Gasteiger charge is 2.47. The van der Waals surface area contributed by atoms with Crippen molar-refractivity contribution in [3.05, 3.63) is 29.8 Å². The number of hydrogen-bond donors (Lipinski definition) is 1. The molecular weight excluding hydrogens is 316 g/mol. The van der Waals surface area contributed by atoms with Gasteiger partial charge in [-0.15, -0.1) is 0 Å². The molecule has 0 bridgehead atoms. The van der Waals surface area contributed by atoms with E-state index in [0.717, 1.165) is 32.5 Å². The minimum absolute atomic E-state index is 0.0527. The van der Waals surface area contributed by atoms with Gasteiger partial charge in [-0.3, -0.25) is 4.79 Å². The van der Waals surface area contributed by atoms with E-state index in [1.807, 2.05) is 0 Å². The Morgan fingerprint density at radius 2 is 2.09 bits per heavy atom. The van der Waals surface area contributed by atoms with Crippen molar-refractivity contribution in [3.63, 3.8) is 0 Å². The summed E-state index contributed by atoms with van der Waals surface area (Å²) in [6.45, 7) is 2.88. The molecule has 0 atom stereocenters. The van der Waals surface area contributed by atoms with Crippen LogP contribution in [0.1, 0.15) is 29.6 Å². The van der Waals surface area contributed by atoms with Crippen LogP contribution in [-0.2, 0) is 14.8 Å². The van der Waals surface area contributed by atoms with Crippen LogP contribution in [0.4, 0.5) is 0 Å². The zero-order chi connectivity index (χ0) is 16.1. The van der Waals surface area contributed by atoms with Crippen molar-refractivity contribution in [2.45, 2.75) is 30.2 Å². The van der Waals surface area contributed by atoms with Crippen molar-refractivity contribution in [2.24, 2.45) is 5.41 Å². The van der Waals surface area contributed by atoms with Crippen molar-refractivity contribution >= 4 is 15.9 Å². The number of likely N-dealkylation sites (tertiary alicyclic amines) is 1. The number of sulfonamides is 1. The van der Waals surface area contributed by atoms with Crippen molar-refractivity contribution in [1.82, 2.24) is 9.62 Å². The Labute approximate surface area is 135 Å². The second-order valence-electron chi connectivity index (χ2n) is 6.89. The number of nitrogens with zero attached hydrogens (tertiary/aromatic N) is 1. The van der Waals surface area contributed by atoms with Crippen LogP contribution in [0.5, 0.6) is 0 Å². The van der Waals surface area contributed by atoms with E-state index in [0.29, 0.717) is 18.7 Å². The van der Waals surface area contributed by atoms with Crippen LogP contribution in [-0.4, -0.2) is 51.6 Å². The number of ether oxygens (including phenoxy) is 1. The average molecular weight is 336 g/mol. The van der Waals surface area contributed by atoms with Crippen molar-refractivity contribution < 1.29 is 17.9 Å². The van der Waals surface area contributed by atoms with Crippen molar-refractivity contribution in [3.8, 4) is 0 Å². The molecule has 0 aromatic heterocycles. The van der Waals surface area contributed by atoms with E-state index >= 15 is 0 Å². The first-order valence-corrected chi connectivity index (χ1v) is 9.45. The van der Waals surface area contributed by atoms with Crippen molar-refractivity contribution in [2.75, 3.05) is 26.3 Å². The minimum atomic E-state index is -3.53. The van der Waals surface area contributed by atoms with Gasteiger partial charge in [0.2, 0.25) is 10.0 Å². The maximum Gasteiger partial charge on any atom is 0.253 e. The third-order valence-electron chi connectivity index (χ3n) is 4.82. The summed E-state index contributed by atoms with van der Waals surface area (Å²) in [7, 11) is -3.53. The molecule has 6 nitrogen and oxygen atoms in total. The summed E-state index contributed by atoms with van der Waals surface area (Å²) < 4.78 is 32.6. The molecule has 1 spiro atoms. The van der Waals surface area contributed by atoms with Crippen LogP contribution in [0.3, 0.4) is 0 Å². The molecule has 1 saturated carbocycles. The zero-order valence-electron chi connectivity index (χ0n) is 12.8. The van der Waals surface area contributed by atoms with E-state index in [1.54, 1.807) is 17.0 Å². The lowest BCUT2D eigenvalue weighted by molar-refractivity contribution is 0.000345. The van der Waals surface area contributed by atoms with Gasteiger partial charge in [0, 0.05) is 36.7 Å². The van der Waals surface area contributed by atoms with Gasteiger partial charge in [0.1, 0.15) is 0 Å². The fraction of sp³-hybridized carbons (Fsp3) is 0.562. The highest BCUT2D eigenvalue weighted by atomic mass is 32.2. The predicted molar refractivity (Wildman–Crippen MR) is 83.6 cm³/mol. The monoisotopic (exact) mass is 336 g/mol. The quantitative estimate of drug-likeness (QED) is 0.890. The highest BCUT2D eigenvalue weighted by molar-refractivity contribution is 7.89. The van der Waals surface area contributed by atoms with E-state index < -0.39 is 10.0 Å². The van der Waals surface area contributed by atoms with Gasteiger partial charge in [-0.1, -0.05) is 6.07 Å². The number of hydrogen-bond acceptors (Lipinski definition) is 4. The molecule has 1 aromatic rings. The van der Waals surface area contributed by atoms with Crippen molar-refractivity contribution in [1.29, 1.82) is 0 Å². The summed E-state index contributed by atoms with van der Waals surface area (Å²) in [4.78, 5) is 14.5. The first kappa shape index (κ1) is 15.1. The Morgan fingerprint density at radius 3 is 2.74 bits per heavy atom. The van der Waals surface area contributed by atoms with Gasteiger partial charge in [0.25, 0.3) is 5.91 Å². The number of amides is 1. The molecule has 3 aliphatic rings. The standard InChI is InChI=1S/C16H20N2O4S/c19-15(18-9-16(10-18)6-7-22-11-16)12-2-1-3-14(8-12)23(20,21)17-13-4-5-13/h1-3,8,13,17H,4-7,9-11H2. The molecular formula is C16H20N2O4S. The molecule has 3 fully saturated rings. The van der Waals surface area contributed by atoms with Gasteiger partial charge in [-0.05, 0) is 37.5 Å². The van der Waals surface area contributed by atoms with Gasteiger partial charge < -0.3 is 9.64 Å². The molecule has 1 N–H and O–H groups in total. The highest BCUT2D eigenvalue weighted by Crippen LogP contribution is 2.38. The Kier molecular flexibility index (Phi) is 3.48. The molecule has 4 rings (SSSR count). The lowest BCUT2D eigenvalue weighted by Gasteiger charge is -2.47. The number of nitrogens with one attached hydrogen (secondary N) is 1. The SMILES string of the molecule is O=C(c1cccc(S(=O)(=O)NC2CC2)c1)N1CC2(CCOC2)C1. The molecule has 2 aliphatic heterocycles. The summed E-state index contributed by atoms with van der Waals surface area (Å²) in [5, 5.41) is 0. The smallest absolute Gasteiger partial charge is 0.253 e. The van der Waals surface area contributed by atoms with Crippen LogP contribution in [0, 0.1) is 5.41 Å². The minimum Gasteiger partial charge on any atom is -0.381 e. The van der Waals surface area contributed by atoms with Gasteiger partial charge in [0.05, 0.1) is 11.5 Å². The van der Waals surface area contributed by atoms with E-state index in [9.17, 15) is 13.2 Å². The summed E-state index contributed by atoms with van der Waals surface area (Å²) >= 11 is 0. The first-order valence-electron chi connectivity index (χ1n) is 7.97. The largest absolute Gasteiger partial charge is 0.381 e. The van der Waals surface area contributed by atoms with Crippen LogP contribution in [0.2, 0.25) is 0 Å². The molecule has 124 valence electrons. The van der Waals surface area contributed by atoms with Crippen LogP contribution >= 0.6 is 0 Å². The Hall–Kier alpha value is -1.44. The number of carbonyl (C=O) groups excluding carboxylic acids is 1. The van der Waals surface area contributed by atoms with Gasteiger partial charge >= 0.3 is 0 Å². The number of rotatable bonds is 4. The summed E-state index contributed by atoms with van der Waals surface area (Å²) in [6.07, 6.45) is 2.77. The van der Waals surface area contributed by atoms with Crippen LogP contribution in [0.25, 0.3) is 0 Å². The van der Waals surface area contributed by atoms with Crippen LogP contribution < -0.4 is 4.72 Å². The topological polar surface area (TPSA) is 75.7 Å². The van der Waals surface area contributed by atoms with E-state index in [-0.39, 0.29) is 22.3 Å². The lowest BCUT2D eigenvalue weighted by atomic mass is 9.79. The predicted octanol–water partition coefficient (Wildman–Crippen LogP) is 0.990. The van der Waals surface area contributed by atoms with Gasteiger partial charge in [-0.2, -0.15) is 0 Å². The fourth-order valence-electron chi connectivity index (χ4n) is 3.27. The number of benzene rings is 1. The Bertz CT molecular complexity index is 728. The van der Waals surface area contributed by atoms with Gasteiger partial charge in [-0.25, -0.2) is 13.1 Å². The summed E-state index contributed by atoms with van der Waals surface area (Å²) in [5.74, 6) is -0.106. The molecule has 1 aliphatic carbocycles. The maximum absolute atomic E-state index is 12.6. The molecule has 23 heavy (non-hydrogen) atoms. The second kappa shape index (κ2) is 5.29. The normalized spacial score (nSPS) is 23.0. The molecule has 0 unspecified atom stereocenters. The molecule has 1 amide bonds. The summed E-state index contributed by atoms with van der Waals surface area (Å²) in [5.41, 5.74) is 0.560. The summed E-state index contributed by atoms with van der Waals surface area (Å²) in [6, 6.07) is 6.36. The van der Waals surface area contributed by atoms with E-state index in [4.69, 9.17) is 4.74 Å². The maximum atomic E-state index is 12.6. The molecule has 0 radical (unpaired) electrons. The van der Waals surface area contributed by atoms with E-state index in [1.165, 1.54) is 12.1 Å². The van der Waals surface area contributed by atoms with Crippen LogP contribution in [0.15, 0.2) is 29.2 Å². The van der Waals surface area contributed by atoms with E-state index in [2.05, 4.69) is 4.72 Å². The molecule has 2 saturated heterocycles. The Morgan fingerprint density at radius 1 is 1.30 bits per heavy atom. The third kappa shape index (κ3) is 2.88. The second-order valence-corrected chi connectivity index (χ2v) is 8.60. The number of carbonyl (C=O) groups is 1. The van der Waals surface area contributed by atoms with Gasteiger partial charge in [0.15, 0.2) is 0 Å². The molecule has 2 heterocycles. The average Bonchev–Trinajstić information content (AvgIpc) is 3.16. The third-order valence-corrected chi connectivity index (χ3v) is 6.33. The molecule has 1 aromatic carbocycles. The fourth-order valence-corrected chi connectivity index (χ4v) is 4.62. The lowest BCUT2D eigenvalue weighted by Crippen LogP contribution is -2.58. The molecule has 7 heteroatoms. The zero-order valence-corrected chi connectivity index (χ0v) is 13.6. The Balaban J connectivity index is 1.49. The first-order chi connectivity index (χ1) is 11.0.